The lowest BCUT2D eigenvalue weighted by Gasteiger charge is -2.44. The summed E-state index contributed by atoms with van der Waals surface area (Å²) in [6, 6.07) is 6.83. The van der Waals surface area contributed by atoms with Crippen LogP contribution >= 0.6 is 0 Å². The van der Waals surface area contributed by atoms with E-state index in [0.717, 1.165) is 26.3 Å². The predicted molar refractivity (Wildman–Crippen MR) is 121 cm³/mol. The molecule has 1 saturated heterocycles. The Morgan fingerprint density at radius 3 is 1.83 bits per heavy atom. The normalized spacial score (nSPS) is 23.8. The Kier molecular flexibility index (Phi) is 9.95. The maximum absolute atomic E-state index is 12.7. The van der Waals surface area contributed by atoms with E-state index < -0.39 is 54.4 Å². The van der Waals surface area contributed by atoms with E-state index >= 15 is 0 Å². The fraction of sp³-hybridized carbons (Fsp3) is 0.458. The van der Waals surface area contributed by atoms with E-state index in [1.165, 1.54) is 13.0 Å². The molecule has 1 aliphatic heterocycles. The molecule has 0 amide bonds. The molecule has 0 bridgehead atoms. The quantitative estimate of drug-likeness (QED) is 0.230. The van der Waals surface area contributed by atoms with Crippen LogP contribution in [0, 0.1) is 0 Å². The van der Waals surface area contributed by atoms with Gasteiger partial charge in [-0.3, -0.25) is 24.0 Å². The zero-order valence-electron chi connectivity index (χ0n) is 19.9. The summed E-state index contributed by atoms with van der Waals surface area (Å²) >= 11 is 0. The number of ether oxygens (including phenoxy) is 5. The maximum atomic E-state index is 12.7. The van der Waals surface area contributed by atoms with Gasteiger partial charge in [-0.2, -0.15) is 0 Å². The van der Waals surface area contributed by atoms with Crippen LogP contribution in [0.15, 0.2) is 30.3 Å². The first-order chi connectivity index (χ1) is 16.5. The zero-order chi connectivity index (χ0) is 26.1. The van der Waals surface area contributed by atoms with E-state index in [0.29, 0.717) is 5.69 Å². The summed E-state index contributed by atoms with van der Waals surface area (Å²) in [7, 11) is 0. The van der Waals surface area contributed by atoms with Gasteiger partial charge in [-0.05, 0) is 23.8 Å². The van der Waals surface area contributed by atoms with Crippen LogP contribution in [0.25, 0.3) is 6.08 Å². The van der Waals surface area contributed by atoms with Crippen molar-refractivity contribution in [1.29, 1.82) is 0 Å². The summed E-state index contributed by atoms with van der Waals surface area (Å²) in [4.78, 5) is 59.5. The van der Waals surface area contributed by atoms with E-state index in [1.807, 2.05) is 0 Å². The second-order valence-corrected chi connectivity index (χ2v) is 7.91. The molecule has 1 heterocycles. The van der Waals surface area contributed by atoms with Crippen LogP contribution in [-0.4, -0.2) is 66.8 Å². The minimum absolute atomic E-state index is 0.273. The van der Waals surface area contributed by atoms with E-state index in [9.17, 15) is 24.0 Å². The molecule has 11 nitrogen and oxygen atoms in total. The highest BCUT2D eigenvalue weighted by Crippen LogP contribution is 2.31. The minimum Gasteiger partial charge on any atom is -0.463 e. The van der Waals surface area contributed by atoms with Gasteiger partial charge in [0.1, 0.15) is 18.8 Å². The Labute approximate surface area is 202 Å². The zero-order valence-corrected chi connectivity index (χ0v) is 19.9. The van der Waals surface area contributed by atoms with Gasteiger partial charge in [0.25, 0.3) is 0 Å². The number of allylic oxidation sites excluding steroid dienone is 1. The van der Waals surface area contributed by atoms with Crippen molar-refractivity contribution in [3.63, 3.8) is 0 Å². The Balaban J connectivity index is 2.35. The van der Waals surface area contributed by atoms with Gasteiger partial charge in [0.15, 0.2) is 24.1 Å². The first-order valence-corrected chi connectivity index (χ1v) is 10.8. The molecular formula is C24H29NO10. The molecule has 1 aromatic carbocycles. The summed E-state index contributed by atoms with van der Waals surface area (Å²) in [5.74, 6) is -3.22. The number of ketones is 1. The molecule has 0 aliphatic carbocycles. The second kappa shape index (κ2) is 12.7. The number of benzene rings is 1. The standard InChI is InChI=1S/C24H29NO10/c1-13(26)31-12-21-23(33-15(3)28)24(34-16(4)29)22(32-14(2)27)20(35-21)11-19(30)10-7-17-5-8-18(25)9-6-17/h5-10,20-24H,11-12,25H2,1-4H3/b10-7+/t20-,21+,22-,23+,24+/m0/s1. The number of nitrogens with two attached hydrogens (primary N) is 1. The lowest BCUT2D eigenvalue weighted by atomic mass is 9.91. The van der Waals surface area contributed by atoms with Crippen LogP contribution in [0.3, 0.4) is 0 Å². The van der Waals surface area contributed by atoms with Crippen molar-refractivity contribution in [2.24, 2.45) is 0 Å². The number of anilines is 1. The second-order valence-electron chi connectivity index (χ2n) is 7.91. The summed E-state index contributed by atoms with van der Waals surface area (Å²) in [5.41, 5.74) is 6.96. The molecule has 0 radical (unpaired) electrons. The van der Waals surface area contributed by atoms with Crippen molar-refractivity contribution in [3.8, 4) is 0 Å². The first-order valence-electron chi connectivity index (χ1n) is 10.8. The topological polar surface area (TPSA) is 158 Å². The number of hydrogen-bond acceptors (Lipinski definition) is 11. The highest BCUT2D eigenvalue weighted by Gasteiger charge is 2.52. The average molecular weight is 491 g/mol. The average Bonchev–Trinajstić information content (AvgIpc) is 2.75. The molecule has 1 aliphatic rings. The highest BCUT2D eigenvalue weighted by atomic mass is 16.7. The number of hydrogen-bond donors (Lipinski definition) is 1. The monoisotopic (exact) mass is 491 g/mol. The number of esters is 4. The Morgan fingerprint density at radius 2 is 1.31 bits per heavy atom. The van der Waals surface area contributed by atoms with Crippen molar-refractivity contribution in [1.82, 2.24) is 0 Å². The molecule has 190 valence electrons. The third kappa shape index (κ3) is 8.85. The lowest BCUT2D eigenvalue weighted by Crippen LogP contribution is -2.62. The summed E-state index contributed by atoms with van der Waals surface area (Å²) in [6.45, 7) is 4.21. The number of rotatable bonds is 9. The Hall–Kier alpha value is -3.73. The molecule has 1 aromatic rings. The van der Waals surface area contributed by atoms with Gasteiger partial charge in [-0.1, -0.05) is 18.2 Å². The highest BCUT2D eigenvalue weighted by molar-refractivity contribution is 5.94. The largest absolute Gasteiger partial charge is 0.463 e. The molecule has 2 N–H and O–H groups in total. The predicted octanol–water partition coefficient (Wildman–Crippen LogP) is 1.37. The van der Waals surface area contributed by atoms with Crippen molar-refractivity contribution >= 4 is 41.4 Å². The third-order valence-electron chi connectivity index (χ3n) is 4.89. The van der Waals surface area contributed by atoms with Crippen LogP contribution in [0.5, 0.6) is 0 Å². The molecule has 0 aromatic heterocycles. The van der Waals surface area contributed by atoms with Crippen LogP contribution in [0.4, 0.5) is 5.69 Å². The molecule has 0 saturated carbocycles. The SMILES string of the molecule is CC(=O)OC[C@H]1O[C@@H](CC(=O)/C=C/c2ccc(N)cc2)[C@H](OC(C)=O)[C@@H](OC(C)=O)[C@@H]1OC(C)=O. The van der Waals surface area contributed by atoms with Crippen LogP contribution < -0.4 is 5.73 Å². The fourth-order valence-electron chi connectivity index (χ4n) is 3.54. The van der Waals surface area contributed by atoms with Gasteiger partial charge in [0.05, 0.1) is 0 Å². The molecule has 5 atom stereocenters. The summed E-state index contributed by atoms with van der Waals surface area (Å²) in [5, 5.41) is 0. The van der Waals surface area contributed by atoms with Gasteiger partial charge >= 0.3 is 23.9 Å². The van der Waals surface area contributed by atoms with Gasteiger partial charge < -0.3 is 29.4 Å². The van der Waals surface area contributed by atoms with Crippen molar-refractivity contribution < 1.29 is 47.7 Å². The van der Waals surface area contributed by atoms with E-state index in [-0.39, 0.29) is 18.8 Å². The maximum Gasteiger partial charge on any atom is 0.303 e. The van der Waals surface area contributed by atoms with Crippen LogP contribution in [-0.2, 0) is 47.7 Å². The van der Waals surface area contributed by atoms with Gasteiger partial charge in [0.2, 0.25) is 0 Å². The molecule has 2 rings (SSSR count). The van der Waals surface area contributed by atoms with Gasteiger partial charge in [-0.15, -0.1) is 0 Å². The van der Waals surface area contributed by atoms with E-state index in [2.05, 4.69) is 0 Å². The molecule has 35 heavy (non-hydrogen) atoms. The first kappa shape index (κ1) is 27.5. The third-order valence-corrected chi connectivity index (χ3v) is 4.89. The van der Waals surface area contributed by atoms with E-state index in [1.54, 1.807) is 30.3 Å². The number of nitrogen functional groups attached to an aromatic ring is 1. The van der Waals surface area contributed by atoms with Crippen molar-refractivity contribution in [2.45, 2.75) is 64.6 Å². The van der Waals surface area contributed by atoms with Crippen LogP contribution in [0.2, 0.25) is 0 Å². The molecular weight excluding hydrogens is 462 g/mol. The minimum atomic E-state index is -1.31. The molecule has 0 unspecified atom stereocenters. The van der Waals surface area contributed by atoms with Gasteiger partial charge in [-0.25, -0.2) is 0 Å². The lowest BCUT2D eigenvalue weighted by molar-refractivity contribution is -0.252. The molecule has 1 fully saturated rings. The summed E-state index contributed by atoms with van der Waals surface area (Å²) < 4.78 is 26.9. The number of carbonyl (C=O) groups excluding carboxylic acids is 5. The summed E-state index contributed by atoms with van der Waals surface area (Å²) in [6.07, 6.45) is -3.43. The molecule has 11 heteroatoms. The Bertz CT molecular complexity index is 971. The van der Waals surface area contributed by atoms with E-state index in [4.69, 9.17) is 29.4 Å². The van der Waals surface area contributed by atoms with Crippen molar-refractivity contribution in [3.05, 3.63) is 35.9 Å². The fourth-order valence-corrected chi connectivity index (χ4v) is 3.54. The number of carbonyl (C=O) groups is 5. The molecule has 0 spiro atoms. The Morgan fingerprint density at radius 1 is 0.800 bits per heavy atom. The van der Waals surface area contributed by atoms with Crippen molar-refractivity contribution in [2.75, 3.05) is 12.3 Å². The van der Waals surface area contributed by atoms with Crippen LogP contribution in [0.1, 0.15) is 39.7 Å². The smallest absolute Gasteiger partial charge is 0.303 e. The van der Waals surface area contributed by atoms with Gasteiger partial charge in [0, 0.05) is 39.8 Å².